The number of amides is 1. The Bertz CT molecular complexity index is 3510. The van der Waals surface area contributed by atoms with E-state index in [4.69, 9.17) is 0 Å². The van der Waals surface area contributed by atoms with Gasteiger partial charge in [0.25, 0.3) is 5.91 Å². The summed E-state index contributed by atoms with van der Waals surface area (Å²) in [4.78, 5) is 14.8. The molecule has 1 N–H and O–H groups in total. The van der Waals surface area contributed by atoms with Gasteiger partial charge in [0.2, 0.25) is 0 Å². The minimum Gasteiger partial charge on any atom is -0.365 e. The first-order valence-electron chi connectivity index (χ1n) is 20.2. The van der Waals surface area contributed by atoms with Crippen molar-refractivity contribution in [2.75, 3.05) is 30.0 Å². The van der Waals surface area contributed by atoms with E-state index in [1.54, 1.807) is 68.5 Å². The van der Waals surface area contributed by atoms with E-state index in [1.165, 1.54) is 51.2 Å². The van der Waals surface area contributed by atoms with E-state index in [-0.39, 0.29) is 52.7 Å². The lowest BCUT2D eigenvalue weighted by molar-refractivity contribution is 0.0950. The van der Waals surface area contributed by atoms with Crippen LogP contribution >= 0.6 is 45.7 Å². The van der Waals surface area contributed by atoms with Crippen molar-refractivity contribution in [2.24, 2.45) is 0 Å². The highest BCUT2D eigenvalue weighted by Crippen LogP contribution is 2.47. The van der Waals surface area contributed by atoms with E-state index < -0.39 is 65.9 Å². The number of rotatable bonds is 13. The summed E-state index contributed by atoms with van der Waals surface area (Å²) in [6.45, 7) is 0.495. The molecule has 1 atom stereocenters. The summed E-state index contributed by atoms with van der Waals surface area (Å²) in [5, 5.41) is 19.9. The Morgan fingerprint density at radius 1 is 0.791 bits per heavy atom. The number of nitrogens with one attached hydrogen (secondary N) is 1. The number of hydrogen-bond acceptors (Lipinski definition) is 10. The van der Waals surface area contributed by atoms with Crippen LogP contribution in [0.2, 0.25) is 0 Å². The molecule has 4 aromatic heterocycles. The van der Waals surface area contributed by atoms with Crippen LogP contribution in [-0.2, 0) is 37.5 Å². The summed E-state index contributed by atoms with van der Waals surface area (Å²) in [5.74, 6) is -4.51. The Morgan fingerprint density at radius 2 is 1.51 bits per heavy atom. The monoisotopic (exact) mass is 1180 g/mol. The summed E-state index contributed by atoms with van der Waals surface area (Å²) in [5.41, 5.74) is 3.50. The number of fused-ring (bicyclic) bond motifs is 2. The molecule has 22 heteroatoms. The van der Waals surface area contributed by atoms with Crippen LogP contribution in [0.5, 0.6) is 0 Å². The summed E-state index contributed by atoms with van der Waals surface area (Å²) in [7, 11) is -7.83. The van der Waals surface area contributed by atoms with Crippen LogP contribution in [0.3, 0.4) is 0 Å². The van der Waals surface area contributed by atoms with Gasteiger partial charge in [0, 0.05) is 95.0 Å². The first-order valence-corrected chi connectivity index (χ1v) is 25.7. The third-order valence-corrected chi connectivity index (χ3v) is 16.3. The number of anilines is 1. The van der Waals surface area contributed by atoms with Gasteiger partial charge in [0.1, 0.15) is 39.4 Å². The lowest BCUT2D eigenvalue weighted by atomic mass is 10.0. The molecular weight excluding hydrogens is 1140 g/mol. The Morgan fingerprint density at radius 3 is 2.19 bits per heavy atom. The molecule has 1 aliphatic heterocycles. The molecule has 4 aromatic carbocycles. The van der Waals surface area contributed by atoms with Gasteiger partial charge in [0.05, 0.1) is 69.1 Å². The molecule has 1 aliphatic rings. The third kappa shape index (κ3) is 8.94. The first-order chi connectivity index (χ1) is 31.8. The first kappa shape index (κ1) is 46.4. The van der Waals surface area contributed by atoms with Crippen LogP contribution in [0.4, 0.5) is 23.2 Å². The molecule has 0 bridgehead atoms. The van der Waals surface area contributed by atoms with Crippen molar-refractivity contribution in [3.8, 4) is 33.6 Å². The number of carbonyl (C=O) groups is 1. The van der Waals surface area contributed by atoms with Crippen molar-refractivity contribution in [2.45, 2.75) is 29.7 Å². The van der Waals surface area contributed by atoms with Crippen molar-refractivity contribution in [1.82, 2.24) is 36.1 Å². The normalized spacial score (nSPS) is 15.1. The maximum absolute atomic E-state index is 15.8. The molecule has 0 saturated carbocycles. The van der Waals surface area contributed by atoms with Crippen LogP contribution < -0.4 is 10.2 Å². The topological polar surface area (TPSA) is 167 Å². The predicted molar refractivity (Wildman–Crippen MR) is 260 cm³/mol. The van der Waals surface area contributed by atoms with E-state index in [0.717, 1.165) is 12.3 Å². The van der Waals surface area contributed by atoms with Crippen LogP contribution in [-0.4, -0.2) is 78.6 Å². The Balaban J connectivity index is 0.875. The molecule has 0 fully saturated rings. The van der Waals surface area contributed by atoms with Crippen molar-refractivity contribution in [3.63, 3.8) is 0 Å². The smallest absolute Gasteiger partial charge is 0.271 e. The van der Waals surface area contributed by atoms with Crippen LogP contribution in [0.25, 0.3) is 44.5 Å². The highest BCUT2D eigenvalue weighted by Gasteiger charge is 2.51. The minimum atomic E-state index is -4.29. The van der Waals surface area contributed by atoms with Crippen LogP contribution in [0.15, 0.2) is 115 Å². The zero-order chi connectivity index (χ0) is 47.6. The summed E-state index contributed by atoms with van der Waals surface area (Å²) >= 11 is 3.90. The fourth-order valence-electron chi connectivity index (χ4n) is 8.37. The van der Waals surface area contributed by atoms with E-state index in [1.807, 2.05) is 45.7 Å². The quantitative estimate of drug-likeness (QED) is 0.0877. The highest BCUT2D eigenvalue weighted by atomic mass is 127. The molecule has 67 heavy (non-hydrogen) atoms. The van der Waals surface area contributed by atoms with Gasteiger partial charge in [-0.15, -0.1) is 10.2 Å². The van der Waals surface area contributed by atoms with Gasteiger partial charge in [-0.1, -0.05) is 42.5 Å². The number of para-hydroxylation sites is 1. The number of aromatic nitrogens is 7. The van der Waals surface area contributed by atoms with E-state index in [0.29, 0.717) is 50.5 Å². The Kier molecular flexibility index (Phi) is 12.3. The van der Waals surface area contributed by atoms with Gasteiger partial charge in [0.15, 0.2) is 25.4 Å². The van der Waals surface area contributed by atoms with Gasteiger partial charge in [-0.05, 0) is 54.4 Å². The van der Waals surface area contributed by atoms with Crippen molar-refractivity contribution in [1.29, 1.82) is 0 Å². The zero-order valence-electron chi connectivity index (χ0n) is 35.1. The SMILES string of the molecule is CC1(S(=O)(=O)CCNC(=O)c2ccc(-c3nn(I)cc3-c3ccc(Cn4cc(S(C)(=O)=O)c5ccccc54)c(F)c3)nn2)CN(Cc2ccc(-c3cnn(I)c3)cc2F)c2cc(F)cc(F)c21. The van der Waals surface area contributed by atoms with E-state index in [9.17, 15) is 26.0 Å². The van der Waals surface area contributed by atoms with E-state index in [2.05, 4.69) is 25.7 Å². The molecule has 0 radical (unpaired) electrons. The summed E-state index contributed by atoms with van der Waals surface area (Å²) < 4.78 is 117. The average Bonchev–Trinajstić information content (AvgIpc) is 4.06. The van der Waals surface area contributed by atoms with Gasteiger partial charge in [-0.2, -0.15) is 10.2 Å². The predicted octanol–water partition coefficient (Wildman–Crippen LogP) is 8.31. The third-order valence-electron chi connectivity index (χ3n) is 11.7. The van der Waals surface area contributed by atoms with Crippen molar-refractivity contribution >= 4 is 87.9 Å². The molecule has 0 saturated heterocycles. The number of hydrogen-bond donors (Lipinski definition) is 1. The fourth-order valence-corrected chi connectivity index (χ4v) is 11.9. The standard InChI is InChI=1S/C45H35F4I2N9O5S2/c1-45(25-58(40-18-31(46)17-36(49)42(40)45)21-29-9-7-26(15-34(29)47)30-19-53-59(50)22-30)67(64,65)14-13-52-44(61)38-12-11-37(54-55-38)43-33(23-60(51)56-43)27-8-10-28(35(48)16-27)20-57-24-41(66(2,62)63)32-5-3-4-6-39(32)57/h3-12,15-19,22-24H,13-14,20-21,25H2,1-2H3,(H,52,61). The highest BCUT2D eigenvalue weighted by molar-refractivity contribution is 14.1. The molecule has 1 amide bonds. The average molecular weight is 1180 g/mol. The number of benzene rings is 4. The number of sulfone groups is 2. The summed E-state index contributed by atoms with van der Waals surface area (Å²) in [6, 6.07) is 20.7. The minimum absolute atomic E-state index is 0.0244. The molecule has 5 heterocycles. The van der Waals surface area contributed by atoms with Gasteiger partial charge in [-0.3, -0.25) is 4.79 Å². The molecule has 14 nitrogen and oxygen atoms in total. The Hall–Kier alpha value is -5.73. The van der Waals surface area contributed by atoms with E-state index >= 15 is 13.2 Å². The molecule has 8 aromatic rings. The lowest BCUT2D eigenvalue weighted by Crippen LogP contribution is -2.42. The number of carbonyl (C=O) groups excluding carboxylic acids is 1. The molecular formula is C45H35F4I2N9O5S2. The zero-order valence-corrected chi connectivity index (χ0v) is 41.1. The molecule has 1 unspecified atom stereocenters. The maximum atomic E-state index is 15.8. The second kappa shape index (κ2) is 17.7. The number of nitrogens with zero attached hydrogens (tertiary/aromatic N) is 8. The maximum Gasteiger partial charge on any atom is 0.271 e. The lowest BCUT2D eigenvalue weighted by Gasteiger charge is -2.27. The molecule has 344 valence electrons. The molecule has 0 aliphatic carbocycles. The van der Waals surface area contributed by atoms with Gasteiger partial charge >= 0.3 is 0 Å². The van der Waals surface area contributed by atoms with Gasteiger partial charge in [-0.25, -0.2) is 40.2 Å². The Labute approximate surface area is 408 Å². The fraction of sp³-hybridized carbons (Fsp3) is 0.178. The second-order valence-electron chi connectivity index (χ2n) is 16.2. The molecule has 0 spiro atoms. The second-order valence-corrected chi connectivity index (χ2v) is 22.7. The molecule has 9 rings (SSSR count). The largest absolute Gasteiger partial charge is 0.365 e. The number of halogens is 6. The van der Waals surface area contributed by atoms with Crippen molar-refractivity contribution in [3.05, 3.63) is 155 Å². The van der Waals surface area contributed by atoms with Gasteiger partial charge < -0.3 is 14.8 Å². The van der Waals surface area contributed by atoms with Crippen LogP contribution in [0.1, 0.15) is 34.1 Å². The van der Waals surface area contributed by atoms with Crippen molar-refractivity contribution < 1.29 is 39.2 Å². The van der Waals surface area contributed by atoms with Crippen LogP contribution in [0, 0.1) is 23.3 Å². The summed E-state index contributed by atoms with van der Waals surface area (Å²) in [6.07, 6.45) is 7.58.